The molecular weight excluding hydrogens is 334 g/mol. The number of aromatic nitrogens is 1. The molecule has 2 aromatic carbocycles. The van der Waals surface area contributed by atoms with Crippen molar-refractivity contribution in [1.29, 1.82) is 0 Å². The Morgan fingerprint density at radius 1 is 1.30 bits per heavy atom. The van der Waals surface area contributed by atoms with Crippen molar-refractivity contribution in [3.63, 3.8) is 0 Å². The van der Waals surface area contributed by atoms with Gasteiger partial charge in [-0.2, -0.15) is 5.10 Å². The molecule has 0 radical (unpaired) electrons. The van der Waals surface area contributed by atoms with Crippen LogP contribution in [0.3, 0.4) is 0 Å². The number of aromatic carboxylic acids is 1. The number of hydrogen-bond acceptors (Lipinski definition) is 6. The van der Waals surface area contributed by atoms with E-state index in [0.717, 1.165) is 15.2 Å². The van der Waals surface area contributed by atoms with E-state index in [1.54, 1.807) is 0 Å². The van der Waals surface area contributed by atoms with Gasteiger partial charge in [-0.3, -0.25) is 5.43 Å². The summed E-state index contributed by atoms with van der Waals surface area (Å²) >= 11 is 7.57. The molecule has 0 aliphatic carbocycles. The van der Waals surface area contributed by atoms with Crippen LogP contribution in [0.25, 0.3) is 10.2 Å². The SMILES string of the molecule is C/C(=N/Nc1cc(C(=O)[O-])ccc1Cl)c1nc2ccccc2s1. The number of nitrogens with one attached hydrogen (secondary N) is 1. The Balaban J connectivity index is 1.87. The largest absolute Gasteiger partial charge is 0.545 e. The lowest BCUT2D eigenvalue weighted by molar-refractivity contribution is -0.255. The summed E-state index contributed by atoms with van der Waals surface area (Å²) in [6.45, 7) is 1.82. The second-order valence-electron chi connectivity index (χ2n) is 4.78. The van der Waals surface area contributed by atoms with E-state index in [1.807, 2.05) is 31.2 Å². The van der Waals surface area contributed by atoms with Crippen molar-refractivity contribution in [2.75, 3.05) is 5.43 Å². The van der Waals surface area contributed by atoms with Crippen LogP contribution in [0.4, 0.5) is 5.69 Å². The van der Waals surface area contributed by atoms with E-state index in [1.165, 1.54) is 29.5 Å². The van der Waals surface area contributed by atoms with Crippen molar-refractivity contribution >= 4 is 50.5 Å². The molecule has 0 fully saturated rings. The molecule has 0 aliphatic heterocycles. The van der Waals surface area contributed by atoms with Crippen molar-refractivity contribution in [3.8, 4) is 0 Å². The molecule has 3 aromatic rings. The molecule has 0 atom stereocenters. The zero-order valence-corrected chi connectivity index (χ0v) is 13.6. The molecule has 1 N–H and O–H groups in total. The molecule has 0 aliphatic rings. The maximum Gasteiger partial charge on any atom is 0.140 e. The van der Waals surface area contributed by atoms with Gasteiger partial charge in [-0.05, 0) is 36.8 Å². The highest BCUT2D eigenvalue weighted by molar-refractivity contribution is 7.20. The topological polar surface area (TPSA) is 77.4 Å². The van der Waals surface area contributed by atoms with Crippen LogP contribution in [0.1, 0.15) is 22.3 Å². The van der Waals surface area contributed by atoms with Crippen LogP contribution in [0.2, 0.25) is 5.02 Å². The van der Waals surface area contributed by atoms with Gasteiger partial charge >= 0.3 is 0 Å². The Labute approximate surface area is 141 Å². The van der Waals surface area contributed by atoms with Crippen LogP contribution >= 0.6 is 22.9 Å². The van der Waals surface area contributed by atoms with Gasteiger partial charge in [-0.1, -0.05) is 29.8 Å². The molecule has 0 amide bonds. The van der Waals surface area contributed by atoms with Crippen LogP contribution in [0.5, 0.6) is 0 Å². The summed E-state index contributed by atoms with van der Waals surface area (Å²) in [5.41, 5.74) is 4.81. The summed E-state index contributed by atoms with van der Waals surface area (Å²) < 4.78 is 1.08. The first kappa shape index (κ1) is 15.5. The third kappa shape index (κ3) is 3.33. The van der Waals surface area contributed by atoms with Gasteiger partial charge < -0.3 is 9.90 Å². The minimum absolute atomic E-state index is 0.0322. The predicted molar refractivity (Wildman–Crippen MR) is 91.2 cm³/mol. The lowest BCUT2D eigenvalue weighted by Crippen LogP contribution is -2.22. The number of hydrogen-bond donors (Lipinski definition) is 1. The van der Waals surface area contributed by atoms with Gasteiger partial charge in [0.05, 0.1) is 32.6 Å². The Kier molecular flexibility index (Phi) is 4.27. The second kappa shape index (κ2) is 6.36. The van der Waals surface area contributed by atoms with Crippen LogP contribution < -0.4 is 10.5 Å². The molecule has 23 heavy (non-hydrogen) atoms. The number of carbonyl (C=O) groups excluding carboxylic acids is 1. The van der Waals surface area contributed by atoms with Gasteiger partial charge in [0.25, 0.3) is 0 Å². The maximum atomic E-state index is 10.9. The average Bonchev–Trinajstić information content (AvgIpc) is 2.97. The molecule has 0 bridgehead atoms. The fourth-order valence-electron chi connectivity index (χ4n) is 1.96. The quantitative estimate of drug-likeness (QED) is 0.582. The highest BCUT2D eigenvalue weighted by atomic mass is 35.5. The van der Waals surface area contributed by atoms with E-state index >= 15 is 0 Å². The van der Waals surface area contributed by atoms with Crippen molar-refractivity contribution in [2.24, 2.45) is 5.10 Å². The van der Waals surface area contributed by atoms with Gasteiger partial charge in [0.15, 0.2) is 0 Å². The number of carbonyl (C=O) groups is 1. The Bertz CT molecular complexity index is 888. The van der Waals surface area contributed by atoms with E-state index in [4.69, 9.17) is 11.6 Å². The zero-order valence-electron chi connectivity index (χ0n) is 12.0. The van der Waals surface area contributed by atoms with E-state index in [2.05, 4.69) is 15.5 Å². The maximum absolute atomic E-state index is 10.9. The van der Waals surface area contributed by atoms with E-state index in [9.17, 15) is 9.90 Å². The average molecular weight is 345 g/mol. The molecule has 7 heteroatoms. The lowest BCUT2D eigenvalue weighted by Gasteiger charge is -2.08. The summed E-state index contributed by atoms with van der Waals surface area (Å²) in [5.74, 6) is -1.27. The van der Waals surface area contributed by atoms with Crippen LogP contribution in [0, 0.1) is 0 Å². The number of thiazole rings is 1. The van der Waals surface area contributed by atoms with Gasteiger partial charge in [0.2, 0.25) is 0 Å². The van der Waals surface area contributed by atoms with Crippen LogP contribution in [0.15, 0.2) is 47.6 Å². The first-order valence-corrected chi connectivity index (χ1v) is 7.91. The number of para-hydroxylation sites is 1. The first-order valence-electron chi connectivity index (χ1n) is 6.72. The van der Waals surface area contributed by atoms with Crippen LogP contribution in [-0.4, -0.2) is 16.7 Å². The van der Waals surface area contributed by atoms with E-state index in [-0.39, 0.29) is 5.56 Å². The Morgan fingerprint density at radius 3 is 2.83 bits per heavy atom. The standard InChI is InChI=1S/C16H12ClN3O2S/c1-9(15-18-12-4-2-3-5-14(12)23-15)19-20-13-8-10(16(21)22)6-7-11(13)17/h2-8,20H,1H3,(H,21,22)/p-1/b19-9-. The molecular formula is C16H11ClN3O2S-. The van der Waals surface area contributed by atoms with Crippen molar-refractivity contribution in [1.82, 2.24) is 4.98 Å². The number of anilines is 1. The van der Waals surface area contributed by atoms with Gasteiger partial charge in [-0.15, -0.1) is 11.3 Å². The van der Waals surface area contributed by atoms with Gasteiger partial charge in [0.1, 0.15) is 5.01 Å². The molecule has 1 aromatic heterocycles. The number of hydrazone groups is 1. The fraction of sp³-hybridized carbons (Fsp3) is 0.0625. The molecule has 1 heterocycles. The molecule has 0 unspecified atom stereocenters. The predicted octanol–water partition coefficient (Wildman–Crippen LogP) is 3.15. The smallest absolute Gasteiger partial charge is 0.140 e. The normalized spacial score (nSPS) is 11.7. The number of benzene rings is 2. The highest BCUT2D eigenvalue weighted by Gasteiger charge is 2.07. The van der Waals surface area contributed by atoms with Crippen molar-refractivity contribution in [2.45, 2.75) is 6.92 Å². The highest BCUT2D eigenvalue weighted by Crippen LogP contribution is 2.24. The van der Waals surface area contributed by atoms with Crippen molar-refractivity contribution in [3.05, 3.63) is 58.1 Å². The van der Waals surface area contributed by atoms with Gasteiger partial charge in [-0.25, -0.2) is 4.98 Å². The van der Waals surface area contributed by atoms with Gasteiger partial charge in [0, 0.05) is 0 Å². The summed E-state index contributed by atoms with van der Waals surface area (Å²) in [4.78, 5) is 15.4. The minimum atomic E-state index is -1.27. The molecule has 0 saturated heterocycles. The van der Waals surface area contributed by atoms with Crippen molar-refractivity contribution < 1.29 is 9.90 Å². The monoisotopic (exact) mass is 344 g/mol. The van der Waals surface area contributed by atoms with E-state index < -0.39 is 5.97 Å². The number of halogens is 1. The zero-order chi connectivity index (χ0) is 16.4. The number of carboxylic acid groups (broad SMARTS) is 1. The summed E-state index contributed by atoms with van der Waals surface area (Å²) in [7, 11) is 0. The fourth-order valence-corrected chi connectivity index (χ4v) is 3.03. The first-order chi connectivity index (χ1) is 11.0. The third-order valence-electron chi connectivity index (χ3n) is 3.15. The Hall–Kier alpha value is -2.44. The molecule has 5 nitrogen and oxygen atoms in total. The summed E-state index contributed by atoms with van der Waals surface area (Å²) in [5, 5.41) is 16.3. The second-order valence-corrected chi connectivity index (χ2v) is 6.22. The third-order valence-corrected chi connectivity index (χ3v) is 4.62. The number of nitrogens with zero attached hydrogens (tertiary/aromatic N) is 2. The number of carboxylic acids is 1. The number of fused-ring (bicyclic) bond motifs is 1. The molecule has 0 spiro atoms. The summed E-state index contributed by atoms with van der Waals surface area (Å²) in [6.07, 6.45) is 0. The minimum Gasteiger partial charge on any atom is -0.545 e. The lowest BCUT2D eigenvalue weighted by atomic mass is 10.2. The molecule has 116 valence electrons. The summed E-state index contributed by atoms with van der Waals surface area (Å²) in [6, 6.07) is 12.1. The van der Waals surface area contributed by atoms with E-state index in [0.29, 0.717) is 16.4 Å². The van der Waals surface area contributed by atoms with Crippen LogP contribution in [-0.2, 0) is 0 Å². The molecule has 0 saturated carbocycles. The number of rotatable bonds is 4. The molecule has 3 rings (SSSR count). The Morgan fingerprint density at radius 2 is 2.09 bits per heavy atom.